The lowest BCUT2D eigenvalue weighted by molar-refractivity contribution is 0.167. The summed E-state index contributed by atoms with van der Waals surface area (Å²) in [5.41, 5.74) is 7.54. The zero-order valence-electron chi connectivity index (χ0n) is 17.3. The number of piperidine rings is 1. The van der Waals surface area contributed by atoms with Gasteiger partial charge in [0, 0.05) is 36.1 Å². The molecule has 2 aliphatic rings. The number of halogens is 1. The van der Waals surface area contributed by atoms with Crippen molar-refractivity contribution in [1.82, 2.24) is 14.9 Å². The molecule has 1 aromatic carbocycles. The van der Waals surface area contributed by atoms with Crippen LogP contribution in [0.25, 0.3) is 12.2 Å². The highest BCUT2D eigenvalue weighted by molar-refractivity contribution is 6.30. The molecule has 1 saturated heterocycles. The fraction of sp³-hybridized carbons (Fsp3) is 0.308. The molecule has 3 nitrogen and oxygen atoms in total. The lowest BCUT2D eigenvalue weighted by atomic mass is 9.76. The Morgan fingerprint density at radius 3 is 2.70 bits per heavy atom. The SMILES string of the molecule is Cc1cncc(CN2CCC(C3c4ccc(Cl)cc4C=Cc4cccnc43)CC2)c1. The van der Waals surface area contributed by atoms with Crippen molar-refractivity contribution in [3.63, 3.8) is 0 Å². The predicted octanol–water partition coefficient (Wildman–Crippen LogP) is 5.97. The molecule has 0 spiro atoms. The van der Waals surface area contributed by atoms with E-state index in [0.717, 1.165) is 24.7 Å². The zero-order valence-corrected chi connectivity index (χ0v) is 18.0. The Balaban J connectivity index is 1.40. The van der Waals surface area contributed by atoms with Crippen LogP contribution >= 0.6 is 11.6 Å². The Hall–Kier alpha value is -2.49. The zero-order chi connectivity index (χ0) is 20.5. The van der Waals surface area contributed by atoms with Gasteiger partial charge in [-0.05, 0) is 84.8 Å². The Bertz CT molecular complexity index is 1080. The molecule has 1 aliphatic carbocycles. The highest BCUT2D eigenvalue weighted by Crippen LogP contribution is 2.42. The number of pyridine rings is 2. The third-order valence-electron chi connectivity index (χ3n) is 6.43. The number of fused-ring (bicyclic) bond motifs is 2. The van der Waals surface area contributed by atoms with Crippen molar-refractivity contribution >= 4 is 23.8 Å². The molecule has 4 heteroatoms. The lowest BCUT2D eigenvalue weighted by Gasteiger charge is -2.36. The number of likely N-dealkylation sites (tertiary alicyclic amines) is 1. The van der Waals surface area contributed by atoms with Gasteiger partial charge in [-0.3, -0.25) is 14.9 Å². The van der Waals surface area contributed by atoms with Gasteiger partial charge in [-0.1, -0.05) is 42.0 Å². The monoisotopic (exact) mass is 415 g/mol. The van der Waals surface area contributed by atoms with Crippen molar-refractivity contribution in [3.05, 3.63) is 93.5 Å². The molecule has 30 heavy (non-hydrogen) atoms. The fourth-order valence-corrected chi connectivity index (χ4v) is 5.20. The molecular formula is C26H26ClN3. The average Bonchev–Trinajstić information content (AvgIpc) is 2.91. The van der Waals surface area contributed by atoms with Crippen molar-refractivity contribution in [2.75, 3.05) is 13.1 Å². The first-order valence-corrected chi connectivity index (χ1v) is 11.1. The summed E-state index contributed by atoms with van der Waals surface area (Å²) in [6.45, 7) is 5.30. The van der Waals surface area contributed by atoms with Gasteiger partial charge in [0.2, 0.25) is 0 Å². The van der Waals surface area contributed by atoms with Crippen LogP contribution in [0.3, 0.4) is 0 Å². The molecule has 1 unspecified atom stereocenters. The average molecular weight is 416 g/mol. The summed E-state index contributed by atoms with van der Waals surface area (Å²) >= 11 is 6.32. The Morgan fingerprint density at radius 1 is 1.03 bits per heavy atom. The summed E-state index contributed by atoms with van der Waals surface area (Å²) in [6, 6.07) is 12.8. The molecular weight excluding hydrogens is 390 g/mol. The number of hydrogen-bond donors (Lipinski definition) is 0. The molecule has 0 amide bonds. The maximum atomic E-state index is 6.32. The second-order valence-corrected chi connectivity index (χ2v) is 8.98. The summed E-state index contributed by atoms with van der Waals surface area (Å²) in [7, 11) is 0. The largest absolute Gasteiger partial charge is 0.299 e. The summed E-state index contributed by atoms with van der Waals surface area (Å²) < 4.78 is 0. The molecule has 152 valence electrons. The molecule has 2 aromatic heterocycles. The van der Waals surface area contributed by atoms with Crippen molar-refractivity contribution in [1.29, 1.82) is 0 Å². The topological polar surface area (TPSA) is 29.0 Å². The van der Waals surface area contributed by atoms with E-state index in [0.29, 0.717) is 11.8 Å². The van der Waals surface area contributed by atoms with Crippen LogP contribution in [0.5, 0.6) is 0 Å². The van der Waals surface area contributed by atoms with Crippen LogP contribution in [0.1, 0.15) is 52.3 Å². The summed E-state index contributed by atoms with van der Waals surface area (Å²) in [5.74, 6) is 0.886. The van der Waals surface area contributed by atoms with E-state index in [9.17, 15) is 0 Å². The molecule has 3 heterocycles. The quantitative estimate of drug-likeness (QED) is 0.528. The molecule has 1 atom stereocenters. The van der Waals surface area contributed by atoms with Crippen LogP contribution < -0.4 is 0 Å². The first-order valence-electron chi connectivity index (χ1n) is 10.7. The standard InChI is InChI=1S/C26H26ClN3/c1-18-13-19(16-28-15-18)17-30-11-8-20(9-12-30)25-24-7-6-23(27)14-22(24)5-4-21-3-2-10-29-26(21)25/h2-7,10,13-16,20,25H,8-9,11-12,17H2,1H3. The lowest BCUT2D eigenvalue weighted by Crippen LogP contribution is -2.35. The van der Waals surface area contributed by atoms with Crippen LogP contribution in [0.2, 0.25) is 5.02 Å². The Morgan fingerprint density at radius 2 is 1.87 bits per heavy atom. The van der Waals surface area contributed by atoms with Gasteiger partial charge in [0.25, 0.3) is 0 Å². The highest BCUT2D eigenvalue weighted by atomic mass is 35.5. The highest BCUT2D eigenvalue weighted by Gasteiger charge is 2.33. The fourth-order valence-electron chi connectivity index (χ4n) is 5.01. The van der Waals surface area contributed by atoms with Gasteiger partial charge in [0.05, 0.1) is 5.69 Å². The summed E-state index contributed by atoms with van der Waals surface area (Å²) in [6.07, 6.45) is 12.6. The molecule has 0 saturated carbocycles. The van der Waals surface area contributed by atoms with Crippen LogP contribution in [-0.4, -0.2) is 28.0 Å². The van der Waals surface area contributed by atoms with Gasteiger partial charge >= 0.3 is 0 Å². The second kappa shape index (κ2) is 8.33. The van der Waals surface area contributed by atoms with E-state index in [1.165, 1.54) is 46.4 Å². The number of nitrogens with zero attached hydrogens (tertiary/aromatic N) is 3. The minimum absolute atomic E-state index is 0.311. The van der Waals surface area contributed by atoms with Gasteiger partial charge < -0.3 is 0 Å². The normalized spacial score (nSPS) is 19.2. The third-order valence-corrected chi connectivity index (χ3v) is 6.67. The Kier molecular flexibility index (Phi) is 5.41. The van der Waals surface area contributed by atoms with E-state index in [1.54, 1.807) is 0 Å². The van der Waals surface area contributed by atoms with Gasteiger partial charge in [0.1, 0.15) is 0 Å². The minimum atomic E-state index is 0.311. The van der Waals surface area contributed by atoms with Gasteiger partial charge in [0.15, 0.2) is 0 Å². The van der Waals surface area contributed by atoms with Gasteiger partial charge in [-0.2, -0.15) is 0 Å². The number of benzene rings is 1. The van der Waals surface area contributed by atoms with Crippen LogP contribution in [0.4, 0.5) is 0 Å². The van der Waals surface area contributed by atoms with E-state index < -0.39 is 0 Å². The van der Waals surface area contributed by atoms with E-state index >= 15 is 0 Å². The van der Waals surface area contributed by atoms with Crippen molar-refractivity contribution in [3.8, 4) is 0 Å². The smallest absolute Gasteiger partial charge is 0.0553 e. The molecule has 0 radical (unpaired) electrons. The molecule has 1 aliphatic heterocycles. The maximum absolute atomic E-state index is 6.32. The molecule has 5 rings (SSSR count). The third kappa shape index (κ3) is 3.92. The maximum Gasteiger partial charge on any atom is 0.0553 e. The van der Waals surface area contributed by atoms with E-state index in [1.807, 2.05) is 30.7 Å². The predicted molar refractivity (Wildman–Crippen MR) is 123 cm³/mol. The number of hydrogen-bond acceptors (Lipinski definition) is 3. The van der Waals surface area contributed by atoms with Crippen LogP contribution in [-0.2, 0) is 6.54 Å². The molecule has 3 aromatic rings. The Labute approximate surface area is 183 Å². The molecule has 0 N–H and O–H groups in total. The first kappa shape index (κ1) is 19.5. The van der Waals surface area contributed by atoms with Gasteiger partial charge in [-0.15, -0.1) is 0 Å². The molecule has 0 bridgehead atoms. The van der Waals surface area contributed by atoms with Crippen LogP contribution in [0.15, 0.2) is 55.0 Å². The summed E-state index contributed by atoms with van der Waals surface area (Å²) in [5, 5.41) is 0.789. The number of rotatable bonds is 3. The second-order valence-electron chi connectivity index (χ2n) is 8.55. The van der Waals surface area contributed by atoms with Gasteiger partial charge in [-0.25, -0.2) is 0 Å². The first-order chi connectivity index (χ1) is 14.7. The van der Waals surface area contributed by atoms with Crippen molar-refractivity contribution < 1.29 is 0 Å². The van der Waals surface area contributed by atoms with E-state index in [4.69, 9.17) is 16.6 Å². The van der Waals surface area contributed by atoms with E-state index in [2.05, 4.69) is 53.2 Å². The van der Waals surface area contributed by atoms with Crippen molar-refractivity contribution in [2.24, 2.45) is 5.92 Å². The van der Waals surface area contributed by atoms with Crippen molar-refractivity contribution in [2.45, 2.75) is 32.2 Å². The van der Waals surface area contributed by atoms with E-state index in [-0.39, 0.29) is 0 Å². The minimum Gasteiger partial charge on any atom is -0.299 e. The number of aromatic nitrogens is 2. The summed E-state index contributed by atoms with van der Waals surface area (Å²) in [4.78, 5) is 11.8. The molecule has 1 fully saturated rings. The van der Waals surface area contributed by atoms with Crippen LogP contribution in [0, 0.1) is 12.8 Å². The number of aryl methyl sites for hydroxylation is 1.